The van der Waals surface area contributed by atoms with Crippen LogP contribution in [0.15, 0.2) is 22.8 Å². The lowest BCUT2D eigenvalue weighted by Gasteiger charge is -2.38. The van der Waals surface area contributed by atoms with Crippen molar-refractivity contribution >= 4 is 29.6 Å². The molecule has 5 unspecified atom stereocenters. The number of carbonyl (C=O) groups excluding carboxylic acids is 5. The van der Waals surface area contributed by atoms with Crippen molar-refractivity contribution in [2.24, 2.45) is 22.7 Å². The number of carbonyl (C=O) groups is 5. The van der Waals surface area contributed by atoms with Gasteiger partial charge >= 0.3 is 6.09 Å². The maximum absolute atomic E-state index is 14.0. The Balaban J connectivity index is 1.78. The molecule has 2 heterocycles. The molecule has 1 saturated heterocycles. The Morgan fingerprint density at radius 3 is 2.29 bits per heavy atom. The molecule has 0 radical (unpaired) electrons. The predicted octanol–water partition coefficient (Wildman–Crippen LogP) is 3.17. The zero-order valence-electron chi connectivity index (χ0n) is 25.8. The van der Waals surface area contributed by atoms with Crippen molar-refractivity contribution in [3.05, 3.63) is 24.2 Å². The van der Waals surface area contributed by atoms with Crippen molar-refractivity contribution in [1.29, 1.82) is 0 Å². The summed E-state index contributed by atoms with van der Waals surface area (Å²) >= 11 is 0. The highest BCUT2D eigenvalue weighted by molar-refractivity contribution is 6.38. The van der Waals surface area contributed by atoms with Gasteiger partial charge in [-0.2, -0.15) is 0 Å². The molecule has 2 aliphatic rings. The summed E-state index contributed by atoms with van der Waals surface area (Å²) in [5.41, 5.74) is -1.59. The van der Waals surface area contributed by atoms with Gasteiger partial charge < -0.3 is 30.0 Å². The van der Waals surface area contributed by atoms with Gasteiger partial charge in [0, 0.05) is 6.54 Å². The van der Waals surface area contributed by atoms with Crippen molar-refractivity contribution in [2.75, 3.05) is 6.54 Å². The largest absolute Gasteiger partial charge is 0.467 e. The lowest BCUT2D eigenvalue weighted by atomic mass is 9.85. The molecule has 11 heteroatoms. The smallest absolute Gasteiger partial charge is 0.408 e. The second-order valence-electron chi connectivity index (χ2n) is 13.8. The number of Topliss-reactive ketones (excluding diaryl/α,β-unsaturated/α-hetero) is 1. The molecule has 228 valence electrons. The fourth-order valence-electron chi connectivity index (χ4n) is 5.69. The van der Waals surface area contributed by atoms with Gasteiger partial charge in [0.25, 0.3) is 5.91 Å². The van der Waals surface area contributed by atoms with Gasteiger partial charge in [-0.25, -0.2) is 4.79 Å². The molecule has 1 saturated carbocycles. The van der Waals surface area contributed by atoms with Crippen molar-refractivity contribution in [3.63, 3.8) is 0 Å². The van der Waals surface area contributed by atoms with Crippen LogP contribution in [0.1, 0.15) is 80.9 Å². The Kier molecular flexibility index (Phi) is 9.30. The third-order valence-electron chi connectivity index (χ3n) is 7.97. The first-order valence-corrected chi connectivity index (χ1v) is 14.3. The highest BCUT2D eigenvalue weighted by Gasteiger charge is 2.70. The maximum Gasteiger partial charge on any atom is 0.408 e. The van der Waals surface area contributed by atoms with E-state index in [1.807, 2.05) is 27.7 Å². The Morgan fingerprint density at radius 2 is 1.76 bits per heavy atom. The molecule has 41 heavy (non-hydrogen) atoms. The molecular weight excluding hydrogens is 528 g/mol. The number of furan rings is 1. The van der Waals surface area contributed by atoms with Crippen LogP contribution in [0, 0.1) is 22.7 Å². The minimum Gasteiger partial charge on any atom is -0.467 e. The molecule has 0 bridgehead atoms. The molecule has 3 rings (SSSR count). The fourth-order valence-corrected chi connectivity index (χ4v) is 5.69. The van der Waals surface area contributed by atoms with E-state index in [4.69, 9.17) is 9.15 Å². The number of hydrogen-bond donors (Lipinski definition) is 3. The summed E-state index contributed by atoms with van der Waals surface area (Å²) in [6.45, 7) is 17.1. The molecule has 0 spiro atoms. The third-order valence-corrected chi connectivity index (χ3v) is 7.97. The number of hydrogen-bond acceptors (Lipinski definition) is 7. The number of nitrogens with one attached hydrogen (secondary N) is 3. The average molecular weight is 575 g/mol. The van der Waals surface area contributed by atoms with Gasteiger partial charge in [0.05, 0.1) is 18.8 Å². The monoisotopic (exact) mass is 574 g/mol. The molecule has 5 atom stereocenters. The van der Waals surface area contributed by atoms with Crippen LogP contribution in [0.3, 0.4) is 0 Å². The lowest BCUT2D eigenvalue weighted by molar-refractivity contribution is -0.145. The van der Waals surface area contributed by atoms with E-state index in [1.165, 1.54) is 11.2 Å². The molecule has 1 aromatic rings. The summed E-state index contributed by atoms with van der Waals surface area (Å²) in [7, 11) is 0. The van der Waals surface area contributed by atoms with Crippen LogP contribution in [-0.4, -0.2) is 64.8 Å². The van der Waals surface area contributed by atoms with Crippen LogP contribution in [-0.2, 0) is 30.5 Å². The number of rotatable bonds is 10. The zero-order chi connectivity index (χ0) is 30.9. The van der Waals surface area contributed by atoms with E-state index in [0.29, 0.717) is 18.7 Å². The summed E-state index contributed by atoms with van der Waals surface area (Å²) in [4.78, 5) is 67.6. The second kappa shape index (κ2) is 11.9. The van der Waals surface area contributed by atoms with E-state index >= 15 is 0 Å². The maximum atomic E-state index is 14.0. The summed E-state index contributed by atoms with van der Waals surface area (Å²) in [5.74, 6) is -1.96. The van der Waals surface area contributed by atoms with E-state index in [9.17, 15) is 24.0 Å². The van der Waals surface area contributed by atoms with E-state index in [2.05, 4.69) is 29.8 Å². The topological polar surface area (TPSA) is 147 Å². The van der Waals surface area contributed by atoms with E-state index in [1.54, 1.807) is 32.9 Å². The average Bonchev–Trinajstić information content (AvgIpc) is 3.29. The van der Waals surface area contributed by atoms with Gasteiger partial charge in [-0.3, -0.25) is 19.2 Å². The molecule has 0 aromatic carbocycles. The molecule has 1 aliphatic heterocycles. The number of piperidine rings is 1. The van der Waals surface area contributed by atoms with Gasteiger partial charge in [-0.1, -0.05) is 48.0 Å². The number of ketones is 1. The molecule has 4 amide bonds. The number of likely N-dealkylation sites (tertiary alicyclic amines) is 1. The van der Waals surface area contributed by atoms with Crippen LogP contribution >= 0.6 is 0 Å². The number of alkyl carbamates (subject to hydrolysis) is 1. The fraction of sp³-hybridized carbons (Fsp3) is 0.700. The lowest BCUT2D eigenvalue weighted by Crippen LogP contribution is -2.60. The van der Waals surface area contributed by atoms with Gasteiger partial charge in [-0.15, -0.1) is 0 Å². The van der Waals surface area contributed by atoms with E-state index < -0.39 is 52.8 Å². The van der Waals surface area contributed by atoms with E-state index in [-0.39, 0.29) is 36.1 Å². The highest BCUT2D eigenvalue weighted by Crippen LogP contribution is 2.65. The minimum atomic E-state index is -1.04. The van der Waals surface area contributed by atoms with Gasteiger partial charge in [-0.05, 0) is 62.0 Å². The standard InChI is InChI=1S/C30H46N4O7/c1-10-12-19(22(35)25(37)31-15-17-13-11-14-40-17)32-24(36)21-20-18(30(20,8)9)16-34(21)26(38)23(28(2,3)4)33-27(39)41-29(5,6)7/h11,13-14,18-21,23H,10,12,15-16H2,1-9H3,(H,31,37)(H,32,36)(H,33,39). The molecule has 1 aliphatic carbocycles. The Morgan fingerprint density at radius 1 is 1.10 bits per heavy atom. The SMILES string of the molecule is CCCC(NC(=O)C1C2C(CN1C(=O)C(NC(=O)OC(C)(C)C)C(C)(C)C)C2(C)C)C(=O)C(=O)NCc1ccco1. The summed E-state index contributed by atoms with van der Waals surface area (Å²) in [6, 6.07) is 0.524. The highest BCUT2D eigenvalue weighted by atomic mass is 16.6. The van der Waals surface area contributed by atoms with E-state index in [0.717, 1.165) is 0 Å². The Hall–Kier alpha value is -3.37. The van der Waals surface area contributed by atoms with Crippen LogP contribution in [0.2, 0.25) is 0 Å². The van der Waals surface area contributed by atoms with Crippen molar-refractivity contribution in [2.45, 2.75) is 105 Å². The normalized spacial score (nSPS) is 22.7. The van der Waals surface area contributed by atoms with Crippen molar-refractivity contribution in [3.8, 4) is 0 Å². The van der Waals surface area contributed by atoms with Crippen LogP contribution < -0.4 is 16.0 Å². The van der Waals surface area contributed by atoms with Crippen molar-refractivity contribution in [1.82, 2.24) is 20.9 Å². The number of ether oxygens (including phenoxy) is 1. The third kappa shape index (κ3) is 7.48. The predicted molar refractivity (Wildman–Crippen MR) is 151 cm³/mol. The Labute approximate surface area is 242 Å². The number of amides is 4. The number of fused-ring (bicyclic) bond motifs is 1. The quantitative estimate of drug-likeness (QED) is 0.364. The molecule has 2 fully saturated rings. The first-order valence-electron chi connectivity index (χ1n) is 14.3. The molecule has 11 nitrogen and oxygen atoms in total. The summed E-state index contributed by atoms with van der Waals surface area (Å²) < 4.78 is 10.6. The van der Waals surface area contributed by atoms with Gasteiger partial charge in [0.15, 0.2) is 0 Å². The summed E-state index contributed by atoms with van der Waals surface area (Å²) in [6.07, 6.45) is 1.57. The first-order chi connectivity index (χ1) is 18.9. The Bertz CT molecular complexity index is 1150. The van der Waals surface area contributed by atoms with Crippen LogP contribution in [0.25, 0.3) is 0 Å². The first kappa shape index (κ1) is 32.1. The minimum absolute atomic E-state index is 0.0477. The van der Waals surface area contributed by atoms with Crippen LogP contribution in [0.5, 0.6) is 0 Å². The number of nitrogens with zero attached hydrogens (tertiary/aromatic N) is 1. The van der Waals surface area contributed by atoms with Crippen LogP contribution in [0.4, 0.5) is 4.79 Å². The molecule has 3 N–H and O–H groups in total. The second-order valence-corrected chi connectivity index (χ2v) is 13.8. The molecule has 1 aromatic heterocycles. The van der Waals surface area contributed by atoms with Gasteiger partial charge in [0.1, 0.15) is 23.4 Å². The van der Waals surface area contributed by atoms with Crippen molar-refractivity contribution < 1.29 is 33.1 Å². The summed E-state index contributed by atoms with van der Waals surface area (Å²) in [5, 5.41) is 8.04. The molecular formula is C30H46N4O7. The zero-order valence-corrected chi connectivity index (χ0v) is 25.8. The van der Waals surface area contributed by atoms with Gasteiger partial charge in [0.2, 0.25) is 17.6 Å².